The molecular formula is C27H33N3O3. The first kappa shape index (κ1) is 23.0. The molecular weight excluding hydrogens is 414 g/mol. The van der Waals surface area contributed by atoms with Crippen molar-refractivity contribution in [3.05, 3.63) is 59.7 Å². The highest BCUT2D eigenvalue weighted by molar-refractivity contribution is 6.05. The van der Waals surface area contributed by atoms with Crippen molar-refractivity contribution >= 4 is 29.1 Å². The number of fused-ring (bicyclic) bond motifs is 1. The molecule has 0 radical (unpaired) electrons. The molecule has 2 aromatic rings. The molecule has 0 aromatic heterocycles. The molecule has 2 aromatic carbocycles. The molecule has 1 saturated carbocycles. The van der Waals surface area contributed by atoms with Gasteiger partial charge < -0.3 is 15.5 Å². The number of nitrogens with zero attached hydrogens (tertiary/aromatic N) is 1. The van der Waals surface area contributed by atoms with E-state index in [1.54, 1.807) is 18.2 Å². The van der Waals surface area contributed by atoms with Gasteiger partial charge in [0.25, 0.3) is 5.91 Å². The van der Waals surface area contributed by atoms with Crippen molar-refractivity contribution in [2.24, 2.45) is 0 Å². The quantitative estimate of drug-likeness (QED) is 0.651. The van der Waals surface area contributed by atoms with Gasteiger partial charge in [0.1, 0.15) is 0 Å². The predicted octanol–water partition coefficient (Wildman–Crippen LogP) is 5.32. The number of amides is 3. The molecule has 33 heavy (non-hydrogen) atoms. The van der Waals surface area contributed by atoms with Crippen LogP contribution in [0.1, 0.15) is 81.1 Å². The molecule has 2 atom stereocenters. The van der Waals surface area contributed by atoms with Crippen molar-refractivity contribution in [1.29, 1.82) is 0 Å². The average Bonchev–Trinajstić information content (AvgIpc) is 2.79. The molecule has 174 valence electrons. The maximum Gasteiger partial charge on any atom is 0.254 e. The number of nitrogens with one attached hydrogen (secondary N) is 2. The van der Waals surface area contributed by atoms with E-state index in [1.165, 1.54) is 6.92 Å². The third-order valence-corrected chi connectivity index (χ3v) is 7.20. The molecule has 1 aliphatic heterocycles. The first-order valence-electron chi connectivity index (χ1n) is 12.0. The van der Waals surface area contributed by atoms with Crippen molar-refractivity contribution in [3.63, 3.8) is 0 Å². The normalized spacial score (nSPS) is 20.2. The van der Waals surface area contributed by atoms with Crippen molar-refractivity contribution < 1.29 is 14.4 Å². The summed E-state index contributed by atoms with van der Waals surface area (Å²) in [5.74, 6) is -0.683. The maximum absolute atomic E-state index is 14.0. The fourth-order valence-corrected chi connectivity index (χ4v) is 5.70. The minimum absolute atomic E-state index is 0.0403. The van der Waals surface area contributed by atoms with Crippen LogP contribution in [0, 0.1) is 0 Å². The van der Waals surface area contributed by atoms with Gasteiger partial charge in [-0.1, -0.05) is 50.5 Å². The Labute approximate surface area is 195 Å². The van der Waals surface area contributed by atoms with E-state index in [-0.39, 0.29) is 23.8 Å². The van der Waals surface area contributed by atoms with Gasteiger partial charge in [0, 0.05) is 29.9 Å². The fraction of sp³-hybridized carbons (Fsp3) is 0.444. The number of rotatable bonds is 5. The van der Waals surface area contributed by atoms with E-state index in [4.69, 9.17) is 0 Å². The van der Waals surface area contributed by atoms with Crippen LogP contribution in [0.2, 0.25) is 0 Å². The highest BCUT2D eigenvalue weighted by Gasteiger charge is 2.55. The summed E-state index contributed by atoms with van der Waals surface area (Å²) < 4.78 is 0. The summed E-state index contributed by atoms with van der Waals surface area (Å²) in [5, 5.41) is 5.86. The van der Waals surface area contributed by atoms with Crippen LogP contribution in [-0.4, -0.2) is 34.2 Å². The third kappa shape index (κ3) is 4.26. The number of carbonyl (C=O) groups excluding carboxylic acids is 3. The summed E-state index contributed by atoms with van der Waals surface area (Å²) in [4.78, 5) is 41.2. The van der Waals surface area contributed by atoms with Gasteiger partial charge in [0.2, 0.25) is 11.8 Å². The lowest BCUT2D eigenvalue weighted by Crippen LogP contribution is -2.64. The first-order chi connectivity index (χ1) is 15.9. The van der Waals surface area contributed by atoms with Crippen LogP contribution in [0.3, 0.4) is 0 Å². The molecule has 1 fully saturated rings. The third-order valence-electron chi connectivity index (χ3n) is 7.20. The predicted molar refractivity (Wildman–Crippen MR) is 130 cm³/mol. The SMILES string of the molecule is CC[C@H](C)N1C(=O)c2ccccc2[C@H](C(=O)Nc2cccc(NC(C)=O)c2)C12CCCCC2. The largest absolute Gasteiger partial charge is 0.329 e. The van der Waals surface area contributed by atoms with E-state index in [0.717, 1.165) is 44.1 Å². The van der Waals surface area contributed by atoms with Gasteiger partial charge in [-0.2, -0.15) is 0 Å². The Kier molecular flexibility index (Phi) is 6.54. The second-order valence-electron chi connectivity index (χ2n) is 9.37. The second kappa shape index (κ2) is 9.38. The Hall–Kier alpha value is -3.15. The monoisotopic (exact) mass is 447 g/mol. The van der Waals surface area contributed by atoms with Gasteiger partial charge in [0.05, 0.1) is 11.5 Å². The number of benzene rings is 2. The van der Waals surface area contributed by atoms with E-state index in [9.17, 15) is 14.4 Å². The van der Waals surface area contributed by atoms with E-state index >= 15 is 0 Å². The second-order valence-corrected chi connectivity index (χ2v) is 9.37. The number of anilines is 2. The summed E-state index contributed by atoms with van der Waals surface area (Å²) in [7, 11) is 0. The fourth-order valence-electron chi connectivity index (χ4n) is 5.70. The lowest BCUT2D eigenvalue weighted by atomic mass is 9.64. The molecule has 4 rings (SSSR count). The standard InChI is InChI=1S/C27H33N3O3/c1-4-18(2)30-26(33)23-14-7-6-13-22(23)24(27(30)15-8-5-9-16-27)25(32)29-21-12-10-11-20(17-21)28-19(3)31/h6-7,10-14,17-18,24H,4-5,8-9,15-16H2,1-3H3,(H,28,31)(H,29,32)/t18-,24+/m0/s1. The maximum atomic E-state index is 14.0. The number of carbonyl (C=O) groups is 3. The Bertz CT molecular complexity index is 1060. The van der Waals surface area contributed by atoms with Crippen LogP contribution >= 0.6 is 0 Å². The summed E-state index contributed by atoms with van der Waals surface area (Å²) in [6.07, 6.45) is 5.61. The van der Waals surface area contributed by atoms with Gasteiger partial charge in [0.15, 0.2) is 0 Å². The number of hydrogen-bond acceptors (Lipinski definition) is 3. The van der Waals surface area contributed by atoms with E-state index in [1.807, 2.05) is 35.2 Å². The molecule has 0 saturated heterocycles. The average molecular weight is 448 g/mol. The van der Waals surface area contributed by atoms with Crippen LogP contribution < -0.4 is 10.6 Å². The highest BCUT2D eigenvalue weighted by Crippen LogP contribution is 2.50. The molecule has 1 heterocycles. The van der Waals surface area contributed by atoms with Crippen LogP contribution in [0.4, 0.5) is 11.4 Å². The van der Waals surface area contributed by atoms with Crippen molar-refractivity contribution in [2.75, 3.05) is 10.6 Å². The van der Waals surface area contributed by atoms with Gasteiger partial charge in [-0.15, -0.1) is 0 Å². The van der Waals surface area contributed by atoms with Crippen molar-refractivity contribution in [1.82, 2.24) is 4.90 Å². The lowest BCUT2D eigenvalue weighted by Gasteiger charge is -2.55. The summed E-state index contributed by atoms with van der Waals surface area (Å²) >= 11 is 0. The highest BCUT2D eigenvalue weighted by atomic mass is 16.2. The Morgan fingerprint density at radius 1 is 1.03 bits per heavy atom. The summed E-state index contributed by atoms with van der Waals surface area (Å²) in [6, 6.07) is 14.8. The van der Waals surface area contributed by atoms with Crippen LogP contribution in [0.5, 0.6) is 0 Å². The minimum atomic E-state index is -0.529. The van der Waals surface area contributed by atoms with Gasteiger partial charge in [-0.25, -0.2) is 0 Å². The molecule has 6 nitrogen and oxygen atoms in total. The van der Waals surface area contributed by atoms with Gasteiger partial charge in [-0.05, 0) is 56.0 Å². The molecule has 0 bridgehead atoms. The summed E-state index contributed by atoms with van der Waals surface area (Å²) in [5.41, 5.74) is 2.17. The molecule has 2 aliphatic rings. The van der Waals surface area contributed by atoms with Crippen LogP contribution in [0.15, 0.2) is 48.5 Å². The zero-order valence-corrected chi connectivity index (χ0v) is 19.7. The zero-order valence-electron chi connectivity index (χ0n) is 19.7. The van der Waals surface area contributed by atoms with Crippen LogP contribution in [0.25, 0.3) is 0 Å². The first-order valence-corrected chi connectivity index (χ1v) is 12.0. The van der Waals surface area contributed by atoms with E-state index < -0.39 is 11.5 Å². The Morgan fingerprint density at radius 2 is 1.70 bits per heavy atom. The molecule has 0 unspecified atom stereocenters. The smallest absolute Gasteiger partial charge is 0.254 e. The molecule has 1 aliphatic carbocycles. The van der Waals surface area contributed by atoms with Crippen LogP contribution in [-0.2, 0) is 9.59 Å². The van der Waals surface area contributed by atoms with Crippen molar-refractivity contribution in [2.45, 2.75) is 76.8 Å². The molecule has 3 amide bonds. The summed E-state index contributed by atoms with van der Waals surface area (Å²) in [6.45, 7) is 5.64. The molecule has 2 N–H and O–H groups in total. The number of hydrogen-bond donors (Lipinski definition) is 2. The topological polar surface area (TPSA) is 78.5 Å². The van der Waals surface area contributed by atoms with E-state index in [0.29, 0.717) is 16.9 Å². The van der Waals surface area contributed by atoms with Crippen molar-refractivity contribution in [3.8, 4) is 0 Å². The lowest BCUT2D eigenvalue weighted by molar-refractivity contribution is -0.123. The van der Waals surface area contributed by atoms with Gasteiger partial charge in [-0.3, -0.25) is 14.4 Å². The Morgan fingerprint density at radius 3 is 2.36 bits per heavy atom. The van der Waals surface area contributed by atoms with E-state index in [2.05, 4.69) is 24.5 Å². The zero-order chi connectivity index (χ0) is 23.6. The minimum Gasteiger partial charge on any atom is -0.329 e. The van der Waals surface area contributed by atoms with Gasteiger partial charge >= 0.3 is 0 Å². The Balaban J connectivity index is 1.78. The molecule has 1 spiro atoms. The molecule has 6 heteroatoms.